The van der Waals surface area contributed by atoms with Crippen LogP contribution in [-0.4, -0.2) is 61.4 Å². The number of rotatable bonds is 6. The van der Waals surface area contributed by atoms with Crippen LogP contribution in [0.1, 0.15) is 54.6 Å². The third kappa shape index (κ3) is 4.74. The Hall–Kier alpha value is -2.64. The Bertz CT molecular complexity index is 912. The van der Waals surface area contributed by atoms with Gasteiger partial charge in [0.25, 0.3) is 5.91 Å². The Labute approximate surface area is 189 Å². The molecule has 0 radical (unpaired) electrons. The summed E-state index contributed by atoms with van der Waals surface area (Å²) >= 11 is 0. The van der Waals surface area contributed by atoms with E-state index in [4.69, 9.17) is 18.9 Å². The van der Waals surface area contributed by atoms with Gasteiger partial charge in [-0.05, 0) is 31.4 Å². The number of methoxy groups -OCH3 is 2. The summed E-state index contributed by atoms with van der Waals surface area (Å²) in [5, 5.41) is 0. The second-order valence-electron chi connectivity index (χ2n) is 8.42. The van der Waals surface area contributed by atoms with E-state index in [1.807, 2.05) is 30.0 Å². The Morgan fingerprint density at radius 2 is 1.88 bits per heavy atom. The first-order valence-electron chi connectivity index (χ1n) is 11.3. The van der Waals surface area contributed by atoms with Crippen molar-refractivity contribution in [1.29, 1.82) is 0 Å². The maximum Gasteiger partial charge on any atom is 0.259 e. The summed E-state index contributed by atoms with van der Waals surface area (Å²) in [6, 6.07) is 13.8. The number of ether oxygens (including phenoxy) is 4. The SMILES string of the molecule is CCO[C@@H]1C[C@H](c2ccccc2)OC2(CCN(C(=O)c3ccc(OC)nc3OC)CC2)C1. The molecular formula is C25H32N2O5. The van der Waals surface area contributed by atoms with Gasteiger partial charge in [0.1, 0.15) is 5.56 Å². The zero-order valence-corrected chi connectivity index (χ0v) is 19.1. The number of benzene rings is 1. The zero-order chi connectivity index (χ0) is 22.6. The lowest BCUT2D eigenvalue weighted by molar-refractivity contribution is -0.190. The fraction of sp³-hybridized carbons (Fsp3) is 0.520. The molecule has 2 aromatic rings. The first kappa shape index (κ1) is 22.6. The van der Waals surface area contributed by atoms with Gasteiger partial charge in [0.2, 0.25) is 11.8 Å². The average molecular weight is 441 g/mol. The van der Waals surface area contributed by atoms with Gasteiger partial charge in [0.15, 0.2) is 0 Å². The third-order valence-corrected chi connectivity index (χ3v) is 6.47. The molecule has 1 aromatic carbocycles. The maximum absolute atomic E-state index is 13.2. The average Bonchev–Trinajstić information content (AvgIpc) is 2.84. The lowest BCUT2D eigenvalue weighted by atomic mass is 9.80. The Kier molecular flexibility index (Phi) is 6.96. The number of hydrogen-bond donors (Lipinski definition) is 0. The van der Waals surface area contributed by atoms with Gasteiger partial charge >= 0.3 is 0 Å². The first-order valence-corrected chi connectivity index (χ1v) is 11.3. The van der Waals surface area contributed by atoms with Crippen LogP contribution in [0.5, 0.6) is 11.8 Å². The molecule has 7 nitrogen and oxygen atoms in total. The minimum atomic E-state index is -0.280. The fourth-order valence-corrected chi connectivity index (χ4v) is 4.83. The number of carbonyl (C=O) groups excluding carboxylic acids is 1. The molecule has 0 aliphatic carbocycles. The highest BCUT2D eigenvalue weighted by molar-refractivity contribution is 5.96. The van der Waals surface area contributed by atoms with E-state index in [0.29, 0.717) is 31.1 Å². The number of pyridine rings is 1. The van der Waals surface area contributed by atoms with Crippen LogP contribution in [0.2, 0.25) is 0 Å². The standard InChI is InChI=1S/C25H32N2O5/c1-4-31-19-16-21(18-8-6-5-7-9-18)32-25(17-19)12-14-27(15-13-25)24(28)20-10-11-22(29-2)26-23(20)30-3/h5-11,19,21H,4,12-17H2,1-3H3/t19-,21-/m1/s1. The van der Waals surface area contributed by atoms with Crippen LogP contribution in [0.15, 0.2) is 42.5 Å². The van der Waals surface area contributed by atoms with Crippen LogP contribution in [0.4, 0.5) is 0 Å². The van der Waals surface area contributed by atoms with Crippen LogP contribution in [0, 0.1) is 0 Å². The minimum absolute atomic E-state index is 0.00892. The van der Waals surface area contributed by atoms with E-state index < -0.39 is 0 Å². The van der Waals surface area contributed by atoms with Gasteiger partial charge < -0.3 is 23.8 Å². The lowest BCUT2D eigenvalue weighted by Gasteiger charge is -2.48. The fourth-order valence-electron chi connectivity index (χ4n) is 4.83. The molecule has 0 saturated carbocycles. The summed E-state index contributed by atoms with van der Waals surface area (Å²) in [5.41, 5.74) is 1.35. The second-order valence-corrected chi connectivity index (χ2v) is 8.42. The van der Waals surface area contributed by atoms with Crippen LogP contribution in [0.25, 0.3) is 0 Å². The van der Waals surface area contributed by atoms with Crippen molar-refractivity contribution < 1.29 is 23.7 Å². The second kappa shape index (κ2) is 9.88. The highest BCUT2D eigenvalue weighted by atomic mass is 16.5. The molecule has 2 saturated heterocycles. The quantitative estimate of drug-likeness (QED) is 0.676. The molecule has 2 aliphatic heterocycles. The number of hydrogen-bond acceptors (Lipinski definition) is 6. The maximum atomic E-state index is 13.2. The molecule has 4 rings (SSSR count). The van der Waals surface area contributed by atoms with Gasteiger partial charge in [0.05, 0.1) is 32.0 Å². The highest BCUT2D eigenvalue weighted by Gasteiger charge is 2.45. The van der Waals surface area contributed by atoms with E-state index in [-0.39, 0.29) is 29.6 Å². The Morgan fingerprint density at radius 1 is 1.12 bits per heavy atom. The van der Waals surface area contributed by atoms with E-state index >= 15 is 0 Å². The van der Waals surface area contributed by atoms with Crippen LogP contribution >= 0.6 is 0 Å². The lowest BCUT2D eigenvalue weighted by Crippen LogP contribution is -2.52. The molecule has 32 heavy (non-hydrogen) atoms. The summed E-state index contributed by atoms with van der Waals surface area (Å²) < 4.78 is 23.3. The van der Waals surface area contributed by atoms with Gasteiger partial charge in [-0.15, -0.1) is 0 Å². The van der Waals surface area contributed by atoms with Gasteiger partial charge in [-0.2, -0.15) is 4.98 Å². The number of nitrogens with zero attached hydrogens (tertiary/aromatic N) is 2. The smallest absolute Gasteiger partial charge is 0.259 e. The normalized spacial score (nSPS) is 22.5. The highest BCUT2D eigenvalue weighted by Crippen LogP contribution is 2.44. The molecule has 0 unspecified atom stereocenters. The summed E-state index contributed by atoms with van der Waals surface area (Å²) in [7, 11) is 3.05. The molecular weight excluding hydrogens is 408 g/mol. The summed E-state index contributed by atoms with van der Waals surface area (Å²) in [6.45, 7) is 3.97. The molecule has 2 atom stereocenters. The van der Waals surface area contributed by atoms with Gasteiger partial charge in [-0.1, -0.05) is 30.3 Å². The molecule has 2 aliphatic rings. The van der Waals surface area contributed by atoms with E-state index in [2.05, 4.69) is 17.1 Å². The third-order valence-electron chi connectivity index (χ3n) is 6.47. The van der Waals surface area contributed by atoms with Crippen LogP contribution < -0.4 is 9.47 Å². The molecule has 3 heterocycles. The first-order chi connectivity index (χ1) is 15.6. The number of likely N-dealkylation sites (tertiary alicyclic amines) is 1. The monoisotopic (exact) mass is 440 g/mol. The largest absolute Gasteiger partial charge is 0.481 e. The van der Waals surface area contributed by atoms with Crippen molar-refractivity contribution in [1.82, 2.24) is 9.88 Å². The van der Waals surface area contributed by atoms with E-state index in [9.17, 15) is 4.79 Å². The topological polar surface area (TPSA) is 70.1 Å². The molecule has 0 bridgehead atoms. The molecule has 1 aromatic heterocycles. The number of amides is 1. The number of piperidine rings is 1. The van der Waals surface area contributed by atoms with Gasteiger partial charge in [0, 0.05) is 38.6 Å². The van der Waals surface area contributed by atoms with Crippen molar-refractivity contribution in [3.05, 3.63) is 53.6 Å². The Morgan fingerprint density at radius 3 is 2.53 bits per heavy atom. The molecule has 0 N–H and O–H groups in total. The zero-order valence-electron chi connectivity index (χ0n) is 19.1. The molecule has 2 fully saturated rings. The van der Waals surface area contributed by atoms with E-state index in [0.717, 1.165) is 25.7 Å². The number of aromatic nitrogens is 1. The molecule has 7 heteroatoms. The van der Waals surface area contributed by atoms with Crippen LogP contribution in [0.3, 0.4) is 0 Å². The molecule has 172 valence electrons. The molecule has 1 amide bonds. The van der Waals surface area contributed by atoms with E-state index in [1.54, 1.807) is 12.1 Å². The van der Waals surface area contributed by atoms with E-state index in [1.165, 1.54) is 19.8 Å². The van der Waals surface area contributed by atoms with Crippen molar-refractivity contribution in [3.63, 3.8) is 0 Å². The van der Waals surface area contributed by atoms with Crippen molar-refractivity contribution in [2.45, 2.75) is 50.4 Å². The predicted molar refractivity (Wildman–Crippen MR) is 120 cm³/mol. The van der Waals surface area contributed by atoms with Gasteiger partial charge in [-0.3, -0.25) is 4.79 Å². The number of carbonyl (C=O) groups is 1. The van der Waals surface area contributed by atoms with Crippen molar-refractivity contribution in [3.8, 4) is 11.8 Å². The minimum Gasteiger partial charge on any atom is -0.481 e. The summed E-state index contributed by atoms with van der Waals surface area (Å²) in [5.74, 6) is 0.619. The van der Waals surface area contributed by atoms with Crippen molar-refractivity contribution >= 4 is 5.91 Å². The summed E-state index contributed by atoms with van der Waals surface area (Å²) in [6.07, 6.45) is 3.44. The Balaban J connectivity index is 1.48. The summed E-state index contributed by atoms with van der Waals surface area (Å²) in [4.78, 5) is 19.3. The van der Waals surface area contributed by atoms with Gasteiger partial charge in [-0.25, -0.2) is 0 Å². The predicted octanol–water partition coefficient (Wildman–Crippen LogP) is 4.03. The van der Waals surface area contributed by atoms with Crippen molar-refractivity contribution in [2.24, 2.45) is 0 Å². The molecule has 1 spiro atoms. The van der Waals surface area contributed by atoms with Crippen molar-refractivity contribution in [2.75, 3.05) is 33.9 Å². The van der Waals surface area contributed by atoms with Crippen LogP contribution in [-0.2, 0) is 9.47 Å².